The second-order valence-corrected chi connectivity index (χ2v) is 26.1. The van der Waals surface area contributed by atoms with Crippen LogP contribution in [0.3, 0.4) is 0 Å². The lowest BCUT2D eigenvalue weighted by atomic mass is 10.0. The Morgan fingerprint density at radius 1 is 0.427 bits per heavy atom. The van der Waals surface area contributed by atoms with Crippen molar-refractivity contribution in [1.29, 1.82) is 0 Å². The molecule has 0 fully saturated rings. The van der Waals surface area contributed by atoms with E-state index in [1.807, 2.05) is 33.3 Å². The monoisotopic (exact) mass is 1170 g/mol. The molecule has 10 heteroatoms. The Bertz CT molecular complexity index is 1630. The number of carbonyl (C=O) groups is 2. The minimum atomic E-state index is -4.71. The summed E-state index contributed by atoms with van der Waals surface area (Å²) in [7, 11) is 1.18. The van der Waals surface area contributed by atoms with Crippen LogP contribution in [-0.2, 0) is 27.9 Å². The summed E-state index contributed by atoms with van der Waals surface area (Å²) in [6.07, 6.45) is 80.1. The van der Waals surface area contributed by atoms with Gasteiger partial charge in [0.15, 0.2) is 0 Å². The Hall–Kier alpha value is -2.55. The second kappa shape index (κ2) is 61.5. The number of hydrogen-bond acceptors (Lipinski definition) is 7. The molecule has 9 nitrogen and oxygen atoms in total. The summed E-state index contributed by atoms with van der Waals surface area (Å²) in [6, 6.07) is -0.895. The van der Waals surface area contributed by atoms with Crippen molar-refractivity contribution in [2.24, 2.45) is 0 Å². The van der Waals surface area contributed by atoms with Gasteiger partial charge in [-0.15, -0.1) is 0 Å². The summed E-state index contributed by atoms with van der Waals surface area (Å²) in [5.74, 6) is -0.542. The number of nitrogens with one attached hydrogen (secondary N) is 1. The first-order valence-corrected chi connectivity index (χ1v) is 36.2. The summed E-state index contributed by atoms with van der Waals surface area (Å²) in [6.45, 7) is 6.81. The van der Waals surface area contributed by atoms with Gasteiger partial charge in [-0.05, 0) is 102 Å². The van der Waals surface area contributed by atoms with Crippen molar-refractivity contribution < 1.29 is 37.3 Å². The number of nitrogens with zero attached hydrogens (tertiary/aromatic N) is 1. The zero-order chi connectivity index (χ0) is 60.0. The van der Waals surface area contributed by atoms with E-state index in [1.165, 1.54) is 199 Å². The molecule has 0 saturated carbocycles. The second-order valence-electron chi connectivity index (χ2n) is 24.7. The normalized spacial score (nSPS) is 14.0. The highest BCUT2D eigenvalue weighted by molar-refractivity contribution is 7.45. The number of carbonyl (C=O) groups excluding carboxylic acids is 2. The van der Waals surface area contributed by atoms with Crippen LogP contribution in [0.25, 0.3) is 0 Å². The van der Waals surface area contributed by atoms with Crippen LogP contribution in [-0.4, -0.2) is 69.4 Å². The van der Waals surface area contributed by atoms with E-state index in [0.29, 0.717) is 17.4 Å². The molecule has 0 aromatic carbocycles. The van der Waals surface area contributed by atoms with Gasteiger partial charge in [-0.25, -0.2) is 0 Å². The first kappa shape index (κ1) is 79.5. The van der Waals surface area contributed by atoms with Crippen molar-refractivity contribution in [3.63, 3.8) is 0 Å². The first-order valence-electron chi connectivity index (χ1n) is 34.7. The molecule has 0 heterocycles. The van der Waals surface area contributed by atoms with Crippen LogP contribution in [0.15, 0.2) is 72.9 Å². The average molecular weight is 1170 g/mol. The fraction of sp³-hybridized carbons (Fsp3) is 0.806. The zero-order valence-corrected chi connectivity index (χ0v) is 55.6. The summed E-state index contributed by atoms with van der Waals surface area (Å²) in [5.41, 5.74) is 0. The SMILES string of the molecule is CCCCC/C=C\C/C=C\C/C=C\CCCCCCCCCCC(=O)NC(COP(=O)([O-])OCC[N+](C)(C)C)C(/C=C/CCCCCCCCCCCC)OC(=O)CCCCCCCCCCCCCCC/C=C\C/C=C\CCCCC. The molecule has 0 saturated heterocycles. The third-order valence-electron chi connectivity index (χ3n) is 15.4. The highest BCUT2D eigenvalue weighted by Crippen LogP contribution is 2.38. The summed E-state index contributed by atoms with van der Waals surface area (Å²) in [4.78, 5) is 40.2. The van der Waals surface area contributed by atoms with E-state index in [9.17, 15) is 19.0 Å². The van der Waals surface area contributed by atoms with Crippen LogP contribution in [0.4, 0.5) is 0 Å². The lowest BCUT2D eigenvalue weighted by Crippen LogP contribution is -2.47. The molecule has 0 aromatic rings. The van der Waals surface area contributed by atoms with Gasteiger partial charge in [-0.3, -0.25) is 14.2 Å². The predicted octanol–water partition coefficient (Wildman–Crippen LogP) is 21.3. The van der Waals surface area contributed by atoms with Crippen molar-refractivity contribution in [3.05, 3.63) is 72.9 Å². The minimum Gasteiger partial charge on any atom is -0.756 e. The topological polar surface area (TPSA) is 114 Å². The van der Waals surface area contributed by atoms with Gasteiger partial charge in [0.05, 0.1) is 33.8 Å². The fourth-order valence-corrected chi connectivity index (χ4v) is 10.7. The van der Waals surface area contributed by atoms with Crippen molar-refractivity contribution in [2.45, 2.75) is 335 Å². The van der Waals surface area contributed by atoms with Crippen molar-refractivity contribution in [2.75, 3.05) is 40.9 Å². The van der Waals surface area contributed by atoms with E-state index < -0.39 is 26.6 Å². The number of unbranched alkanes of at least 4 members (excludes halogenated alkanes) is 37. The molecule has 0 radical (unpaired) electrons. The number of esters is 1. The highest BCUT2D eigenvalue weighted by atomic mass is 31.2. The third kappa shape index (κ3) is 62.0. The van der Waals surface area contributed by atoms with Gasteiger partial charge in [-0.1, -0.05) is 280 Å². The van der Waals surface area contributed by atoms with Gasteiger partial charge in [0.25, 0.3) is 7.82 Å². The van der Waals surface area contributed by atoms with Crippen molar-refractivity contribution >= 4 is 19.7 Å². The fourth-order valence-electron chi connectivity index (χ4n) is 9.97. The molecule has 478 valence electrons. The molecule has 3 atom stereocenters. The maximum absolute atomic E-state index is 13.6. The van der Waals surface area contributed by atoms with Crippen molar-refractivity contribution in [1.82, 2.24) is 5.32 Å². The van der Waals surface area contributed by atoms with Gasteiger partial charge >= 0.3 is 5.97 Å². The molecule has 0 aliphatic carbocycles. The summed E-state index contributed by atoms with van der Waals surface area (Å²) < 4.78 is 30.4. The number of phosphoric acid groups is 1. The van der Waals surface area contributed by atoms with Gasteiger partial charge in [0.1, 0.15) is 19.3 Å². The Labute approximate surface area is 508 Å². The molecule has 0 aliphatic rings. The Kier molecular flexibility index (Phi) is 59.6. The molecular formula is C72H133N2O7P. The van der Waals surface area contributed by atoms with Crippen LogP contribution in [0, 0.1) is 0 Å². The summed E-state index contributed by atoms with van der Waals surface area (Å²) in [5, 5.41) is 3.04. The van der Waals surface area contributed by atoms with E-state index >= 15 is 0 Å². The van der Waals surface area contributed by atoms with Crippen LogP contribution in [0.1, 0.15) is 323 Å². The van der Waals surface area contributed by atoms with Gasteiger partial charge in [0.2, 0.25) is 5.91 Å². The van der Waals surface area contributed by atoms with Gasteiger partial charge in [0, 0.05) is 12.8 Å². The number of quaternary nitrogens is 1. The lowest BCUT2D eigenvalue weighted by molar-refractivity contribution is -0.870. The molecule has 0 bridgehead atoms. The van der Waals surface area contributed by atoms with Gasteiger partial charge < -0.3 is 28.5 Å². The molecule has 82 heavy (non-hydrogen) atoms. The van der Waals surface area contributed by atoms with E-state index in [4.69, 9.17) is 13.8 Å². The van der Waals surface area contributed by atoms with Crippen LogP contribution in [0.2, 0.25) is 0 Å². The lowest BCUT2D eigenvalue weighted by Gasteiger charge is -2.30. The first-order chi connectivity index (χ1) is 39.9. The smallest absolute Gasteiger partial charge is 0.306 e. The number of amides is 1. The zero-order valence-electron chi connectivity index (χ0n) is 54.7. The van der Waals surface area contributed by atoms with Crippen LogP contribution < -0.4 is 10.2 Å². The standard InChI is InChI=1S/C72H133N2O7P/c1-7-10-13-16-19-22-25-28-30-32-34-36-37-39-41-43-45-47-50-53-56-59-62-65-72(76)81-70(63-60-57-54-51-48-27-24-21-18-15-12-9-3)69(68-80-82(77,78)79-67-66-74(4,5)6)73-71(75)64-61-58-55-52-49-46-44-42-40-38-35-33-31-29-26-23-20-17-14-11-8-2/h19-20,22-23,28-31,35,38,60,63,69-70H,7-18,21,24-27,32-34,36-37,39-59,61-62,64-68H2,1-6H3,(H-,73,75,77,78)/b22-19-,23-20-,30-28-,31-29-,38-35-,63-60+. The molecule has 3 unspecified atom stereocenters. The van der Waals surface area contributed by atoms with Crippen LogP contribution in [0.5, 0.6) is 0 Å². The van der Waals surface area contributed by atoms with E-state index in [0.717, 1.165) is 89.9 Å². The molecule has 0 spiro atoms. The van der Waals surface area contributed by atoms with E-state index in [1.54, 1.807) is 0 Å². The molecular weight excluding hydrogens is 1040 g/mol. The van der Waals surface area contributed by atoms with E-state index in [-0.39, 0.29) is 24.9 Å². The third-order valence-corrected chi connectivity index (χ3v) is 16.3. The number of hydrogen-bond donors (Lipinski definition) is 1. The Morgan fingerprint density at radius 2 is 0.744 bits per heavy atom. The summed E-state index contributed by atoms with van der Waals surface area (Å²) >= 11 is 0. The molecule has 0 rings (SSSR count). The molecule has 0 aliphatic heterocycles. The van der Waals surface area contributed by atoms with Gasteiger partial charge in [-0.2, -0.15) is 0 Å². The number of ether oxygens (including phenoxy) is 1. The quantitative estimate of drug-likeness (QED) is 0.0212. The number of likely N-dealkylation sites (N-methyl/N-ethyl adjacent to an activating group) is 1. The average Bonchev–Trinajstić information content (AvgIpc) is 3.44. The Balaban J connectivity index is 5.11. The number of rotatable bonds is 63. The largest absolute Gasteiger partial charge is 0.756 e. The number of allylic oxidation sites excluding steroid dienone is 11. The molecule has 0 aromatic heterocycles. The molecule has 1 N–H and O–H groups in total. The maximum Gasteiger partial charge on any atom is 0.306 e. The predicted molar refractivity (Wildman–Crippen MR) is 353 cm³/mol. The van der Waals surface area contributed by atoms with Crippen LogP contribution >= 0.6 is 7.82 Å². The molecule has 1 amide bonds. The van der Waals surface area contributed by atoms with E-state index in [2.05, 4.69) is 86.8 Å². The number of phosphoric ester groups is 1. The minimum absolute atomic E-state index is 0.0253. The maximum atomic E-state index is 13.6. The van der Waals surface area contributed by atoms with Crippen molar-refractivity contribution in [3.8, 4) is 0 Å². The highest BCUT2D eigenvalue weighted by Gasteiger charge is 2.27. The Morgan fingerprint density at radius 3 is 1.13 bits per heavy atom.